The Balaban J connectivity index is 1.88. The molecule has 90 valence electrons. The summed E-state index contributed by atoms with van der Waals surface area (Å²) in [6.07, 6.45) is 1.07. The molecule has 0 spiro atoms. The highest BCUT2D eigenvalue weighted by Gasteiger charge is 2.34. The summed E-state index contributed by atoms with van der Waals surface area (Å²) in [7, 11) is 2.12. The summed E-state index contributed by atoms with van der Waals surface area (Å²) in [6, 6.07) is 0. The van der Waals surface area contributed by atoms with Gasteiger partial charge >= 0.3 is 0 Å². The van der Waals surface area contributed by atoms with Crippen LogP contribution in [0, 0.1) is 5.41 Å². The van der Waals surface area contributed by atoms with E-state index in [4.69, 9.17) is 10.5 Å². The molecule has 1 saturated heterocycles. The van der Waals surface area contributed by atoms with Crippen LogP contribution in [0.15, 0.2) is 10.9 Å². The Morgan fingerprint density at radius 2 is 2.56 bits per heavy atom. The van der Waals surface area contributed by atoms with Crippen molar-refractivity contribution in [2.75, 3.05) is 33.4 Å². The summed E-state index contributed by atoms with van der Waals surface area (Å²) in [6.45, 7) is 4.23. The van der Waals surface area contributed by atoms with E-state index in [1.54, 1.807) is 11.3 Å². The molecular formula is C11H19N3OS. The Morgan fingerprint density at radius 1 is 1.69 bits per heavy atom. The summed E-state index contributed by atoms with van der Waals surface area (Å²) in [4.78, 5) is 6.58. The van der Waals surface area contributed by atoms with Gasteiger partial charge in [-0.15, -0.1) is 11.3 Å². The van der Waals surface area contributed by atoms with Crippen LogP contribution in [0.3, 0.4) is 0 Å². The molecule has 0 amide bonds. The van der Waals surface area contributed by atoms with Crippen LogP contribution in [0.1, 0.15) is 12.1 Å². The fraction of sp³-hybridized carbons (Fsp3) is 0.727. The Labute approximate surface area is 100 Å². The fourth-order valence-electron chi connectivity index (χ4n) is 2.22. The molecule has 4 nitrogen and oxygen atoms in total. The van der Waals surface area contributed by atoms with E-state index >= 15 is 0 Å². The molecule has 16 heavy (non-hydrogen) atoms. The van der Waals surface area contributed by atoms with E-state index in [0.29, 0.717) is 6.54 Å². The minimum atomic E-state index is 0.158. The normalized spacial score (nSPS) is 25.4. The predicted octanol–water partition coefficient (Wildman–Crippen LogP) is 0.940. The van der Waals surface area contributed by atoms with Crippen molar-refractivity contribution >= 4 is 11.3 Å². The third-order valence-electron chi connectivity index (χ3n) is 3.14. The summed E-state index contributed by atoms with van der Waals surface area (Å²) >= 11 is 1.64. The molecular weight excluding hydrogens is 222 g/mol. The smallest absolute Gasteiger partial charge is 0.0795 e. The predicted molar refractivity (Wildman–Crippen MR) is 65.4 cm³/mol. The van der Waals surface area contributed by atoms with E-state index in [1.807, 2.05) is 5.51 Å². The zero-order valence-electron chi connectivity index (χ0n) is 9.69. The third-order valence-corrected chi connectivity index (χ3v) is 3.77. The lowest BCUT2D eigenvalue weighted by Crippen LogP contribution is -2.41. The van der Waals surface area contributed by atoms with Crippen molar-refractivity contribution < 1.29 is 4.74 Å². The van der Waals surface area contributed by atoms with E-state index in [1.165, 1.54) is 0 Å². The zero-order chi connectivity index (χ0) is 11.4. The van der Waals surface area contributed by atoms with E-state index in [-0.39, 0.29) is 5.41 Å². The van der Waals surface area contributed by atoms with Gasteiger partial charge in [0.25, 0.3) is 0 Å². The highest BCUT2D eigenvalue weighted by molar-refractivity contribution is 7.07. The number of nitrogens with two attached hydrogens (primary N) is 1. The van der Waals surface area contributed by atoms with Gasteiger partial charge in [-0.3, -0.25) is 4.90 Å². The van der Waals surface area contributed by atoms with Crippen LogP contribution in [0.4, 0.5) is 0 Å². The van der Waals surface area contributed by atoms with Crippen molar-refractivity contribution in [3.8, 4) is 0 Å². The van der Waals surface area contributed by atoms with Gasteiger partial charge in [0.15, 0.2) is 0 Å². The zero-order valence-corrected chi connectivity index (χ0v) is 10.5. The summed E-state index contributed by atoms with van der Waals surface area (Å²) in [5, 5.41) is 2.09. The van der Waals surface area contributed by atoms with Crippen LogP contribution in [0.5, 0.6) is 0 Å². The topological polar surface area (TPSA) is 51.4 Å². The number of thiazole rings is 1. The monoisotopic (exact) mass is 241 g/mol. The van der Waals surface area contributed by atoms with Crippen LogP contribution < -0.4 is 5.73 Å². The van der Waals surface area contributed by atoms with Crippen molar-refractivity contribution in [2.24, 2.45) is 11.1 Å². The molecule has 1 aliphatic heterocycles. The Morgan fingerprint density at radius 3 is 3.12 bits per heavy atom. The van der Waals surface area contributed by atoms with Crippen LogP contribution in [-0.2, 0) is 11.3 Å². The number of nitrogens with zero attached hydrogens (tertiary/aromatic N) is 2. The van der Waals surface area contributed by atoms with Crippen molar-refractivity contribution in [3.63, 3.8) is 0 Å². The maximum Gasteiger partial charge on any atom is 0.0795 e. The first-order chi connectivity index (χ1) is 7.74. The van der Waals surface area contributed by atoms with Gasteiger partial charge in [-0.1, -0.05) is 0 Å². The number of ether oxygens (including phenoxy) is 1. The minimum Gasteiger partial charge on any atom is -0.381 e. The van der Waals surface area contributed by atoms with Gasteiger partial charge in [0.2, 0.25) is 0 Å². The van der Waals surface area contributed by atoms with Crippen molar-refractivity contribution in [2.45, 2.75) is 13.0 Å². The Bertz CT molecular complexity index is 309. The van der Waals surface area contributed by atoms with Crippen LogP contribution >= 0.6 is 11.3 Å². The number of hydrogen-bond donors (Lipinski definition) is 1. The fourth-order valence-corrected chi connectivity index (χ4v) is 2.77. The first-order valence-corrected chi connectivity index (χ1v) is 6.52. The SMILES string of the molecule is CN(Cc1cscn1)CC1(CN)CCOC1. The molecule has 1 fully saturated rings. The molecule has 0 aromatic carbocycles. The maximum atomic E-state index is 5.87. The second-order valence-electron chi connectivity index (χ2n) is 4.66. The maximum absolute atomic E-state index is 5.87. The standard InChI is InChI=1S/C11H19N3OS/c1-14(4-10-5-16-9-13-10)7-11(6-12)2-3-15-8-11/h5,9H,2-4,6-8,12H2,1H3. The molecule has 5 heteroatoms. The molecule has 2 rings (SSSR count). The lowest BCUT2D eigenvalue weighted by atomic mass is 9.87. The van der Waals surface area contributed by atoms with E-state index in [2.05, 4.69) is 22.3 Å². The van der Waals surface area contributed by atoms with Gasteiger partial charge < -0.3 is 10.5 Å². The molecule has 0 saturated carbocycles. The molecule has 2 heterocycles. The molecule has 1 aromatic heterocycles. The number of aromatic nitrogens is 1. The average Bonchev–Trinajstić information content (AvgIpc) is 2.90. The molecule has 0 aliphatic carbocycles. The Kier molecular flexibility index (Phi) is 3.91. The molecule has 1 atom stereocenters. The minimum absolute atomic E-state index is 0.158. The summed E-state index contributed by atoms with van der Waals surface area (Å²) < 4.78 is 5.47. The summed E-state index contributed by atoms with van der Waals surface area (Å²) in [5.41, 5.74) is 9.04. The average molecular weight is 241 g/mol. The molecule has 0 radical (unpaired) electrons. The lowest BCUT2D eigenvalue weighted by molar-refractivity contribution is 0.123. The van der Waals surface area contributed by atoms with Crippen molar-refractivity contribution in [1.82, 2.24) is 9.88 Å². The largest absolute Gasteiger partial charge is 0.381 e. The molecule has 0 bridgehead atoms. The first kappa shape index (κ1) is 12.0. The van der Waals surface area contributed by atoms with Crippen LogP contribution in [0.2, 0.25) is 0 Å². The van der Waals surface area contributed by atoms with E-state index in [0.717, 1.165) is 38.4 Å². The number of hydrogen-bond acceptors (Lipinski definition) is 5. The highest BCUT2D eigenvalue weighted by atomic mass is 32.1. The Hall–Kier alpha value is -0.490. The molecule has 1 unspecified atom stereocenters. The molecule has 1 aliphatic rings. The highest BCUT2D eigenvalue weighted by Crippen LogP contribution is 2.28. The van der Waals surface area contributed by atoms with Gasteiger partial charge in [-0.2, -0.15) is 0 Å². The van der Waals surface area contributed by atoms with Gasteiger partial charge in [0, 0.05) is 37.0 Å². The first-order valence-electron chi connectivity index (χ1n) is 5.57. The second-order valence-corrected chi connectivity index (χ2v) is 5.38. The van der Waals surface area contributed by atoms with Gasteiger partial charge in [-0.25, -0.2) is 4.98 Å². The van der Waals surface area contributed by atoms with Crippen molar-refractivity contribution in [3.05, 3.63) is 16.6 Å². The molecule has 2 N–H and O–H groups in total. The van der Waals surface area contributed by atoms with Crippen molar-refractivity contribution in [1.29, 1.82) is 0 Å². The molecule has 1 aromatic rings. The lowest BCUT2D eigenvalue weighted by Gasteiger charge is -2.30. The van der Waals surface area contributed by atoms with Crippen LogP contribution in [-0.4, -0.2) is 43.2 Å². The van der Waals surface area contributed by atoms with E-state index < -0.39 is 0 Å². The van der Waals surface area contributed by atoms with Gasteiger partial charge in [0.1, 0.15) is 0 Å². The third kappa shape index (κ3) is 2.79. The van der Waals surface area contributed by atoms with E-state index in [9.17, 15) is 0 Å². The van der Waals surface area contributed by atoms with Gasteiger partial charge in [0.05, 0.1) is 17.8 Å². The number of rotatable bonds is 5. The quantitative estimate of drug-likeness (QED) is 0.833. The second kappa shape index (κ2) is 5.23. The van der Waals surface area contributed by atoms with Gasteiger partial charge in [-0.05, 0) is 13.5 Å². The summed E-state index contributed by atoms with van der Waals surface area (Å²) in [5.74, 6) is 0. The van der Waals surface area contributed by atoms with Crippen LogP contribution in [0.25, 0.3) is 0 Å².